The van der Waals surface area contributed by atoms with Crippen LogP contribution >= 0.6 is 0 Å². The fourth-order valence-electron chi connectivity index (χ4n) is 2.16. The van der Waals surface area contributed by atoms with Gasteiger partial charge in [0.15, 0.2) is 0 Å². The molecule has 0 saturated carbocycles. The number of nitrogens with zero attached hydrogens (tertiary/aromatic N) is 2. The molecule has 1 aliphatic heterocycles. The molecule has 0 N–H and O–H groups in total. The monoisotopic (exact) mass is 290 g/mol. The molecule has 1 saturated heterocycles. The molecule has 2 atom stereocenters. The summed E-state index contributed by atoms with van der Waals surface area (Å²) >= 11 is 0. The fourth-order valence-corrected chi connectivity index (χ4v) is 2.16. The minimum absolute atomic E-state index is 0.0133. The summed E-state index contributed by atoms with van der Waals surface area (Å²) in [6.07, 6.45) is 7.53. The van der Waals surface area contributed by atoms with E-state index in [9.17, 15) is 4.79 Å². The molecule has 2 heterocycles. The van der Waals surface area contributed by atoms with Crippen molar-refractivity contribution in [1.29, 1.82) is 0 Å². The number of rotatable bonds is 4. The maximum absolute atomic E-state index is 12.2. The summed E-state index contributed by atoms with van der Waals surface area (Å²) in [7, 11) is 0. The van der Waals surface area contributed by atoms with Gasteiger partial charge in [-0.05, 0) is 25.1 Å². The zero-order valence-electron chi connectivity index (χ0n) is 11.4. The van der Waals surface area contributed by atoms with Gasteiger partial charge in [-0.25, -0.2) is 14.8 Å². The molecule has 0 radical (unpaired) electrons. The second kappa shape index (κ2) is 5.63. The highest BCUT2D eigenvalue weighted by Crippen LogP contribution is 2.34. The van der Waals surface area contributed by atoms with Crippen molar-refractivity contribution in [3.63, 3.8) is 0 Å². The topological polar surface area (TPSA) is 79.8 Å². The molecule has 3 rings (SSSR count). The standard InChI is InChI=1S/C14H14N2O5/c1-2-18-12(17)14-8-10(4-5-11(14)19-9-20-14)21-13-15-6-3-7-16-13/h3-8,11H,2,9H2,1H3. The summed E-state index contributed by atoms with van der Waals surface area (Å²) in [5, 5.41) is 0. The van der Waals surface area contributed by atoms with E-state index in [0.717, 1.165) is 0 Å². The Morgan fingerprint density at radius 1 is 1.48 bits per heavy atom. The van der Waals surface area contributed by atoms with E-state index in [-0.39, 0.29) is 19.4 Å². The Bertz CT molecular complexity index is 586. The Hall–Kier alpha value is -2.25. The molecule has 0 bridgehead atoms. The predicted octanol–water partition coefficient (Wildman–Crippen LogP) is 0.984. The first-order chi connectivity index (χ1) is 10.2. The van der Waals surface area contributed by atoms with Gasteiger partial charge in [-0.2, -0.15) is 0 Å². The highest BCUT2D eigenvalue weighted by Gasteiger charge is 2.52. The van der Waals surface area contributed by atoms with Crippen molar-refractivity contribution in [2.24, 2.45) is 0 Å². The molecule has 110 valence electrons. The number of fused-ring (bicyclic) bond motifs is 1. The van der Waals surface area contributed by atoms with Crippen LogP contribution in [0.2, 0.25) is 0 Å². The molecule has 1 aromatic heterocycles. The number of esters is 1. The lowest BCUT2D eigenvalue weighted by Gasteiger charge is -2.28. The Morgan fingerprint density at radius 2 is 2.29 bits per heavy atom. The molecule has 1 aliphatic carbocycles. The summed E-state index contributed by atoms with van der Waals surface area (Å²) in [5.41, 5.74) is -1.31. The zero-order valence-corrected chi connectivity index (χ0v) is 11.4. The molecule has 1 aromatic rings. The van der Waals surface area contributed by atoms with E-state index in [0.29, 0.717) is 5.76 Å². The van der Waals surface area contributed by atoms with Gasteiger partial charge in [0.2, 0.25) is 5.60 Å². The van der Waals surface area contributed by atoms with Crippen LogP contribution in [-0.2, 0) is 19.0 Å². The maximum Gasteiger partial charge on any atom is 0.345 e. The highest BCUT2D eigenvalue weighted by molar-refractivity contribution is 5.84. The summed E-state index contributed by atoms with van der Waals surface area (Å²) in [6.45, 7) is 2.00. The van der Waals surface area contributed by atoms with Crippen molar-refractivity contribution in [3.05, 3.63) is 42.4 Å². The SMILES string of the molecule is CCOC(=O)C12C=C(Oc3ncccn3)C=CC1OCO2. The zero-order chi connectivity index (χ0) is 14.7. The van der Waals surface area contributed by atoms with Gasteiger partial charge in [-0.15, -0.1) is 0 Å². The van der Waals surface area contributed by atoms with Crippen LogP contribution in [0.5, 0.6) is 6.01 Å². The average molecular weight is 290 g/mol. The molecule has 0 spiro atoms. The van der Waals surface area contributed by atoms with E-state index in [1.165, 1.54) is 0 Å². The maximum atomic E-state index is 12.2. The third kappa shape index (κ3) is 2.53. The van der Waals surface area contributed by atoms with Gasteiger partial charge in [-0.1, -0.05) is 0 Å². The van der Waals surface area contributed by atoms with Crippen molar-refractivity contribution in [2.45, 2.75) is 18.6 Å². The van der Waals surface area contributed by atoms with E-state index in [2.05, 4.69) is 9.97 Å². The Balaban J connectivity index is 1.87. The Kier molecular flexibility index (Phi) is 3.68. The van der Waals surface area contributed by atoms with E-state index in [1.807, 2.05) is 0 Å². The summed E-state index contributed by atoms with van der Waals surface area (Å²) in [4.78, 5) is 20.1. The van der Waals surface area contributed by atoms with Gasteiger partial charge in [0.05, 0.1) is 6.61 Å². The largest absolute Gasteiger partial charge is 0.464 e. The van der Waals surface area contributed by atoms with Crippen LogP contribution in [0.25, 0.3) is 0 Å². The lowest BCUT2D eigenvalue weighted by Crippen LogP contribution is -2.48. The van der Waals surface area contributed by atoms with Crippen molar-refractivity contribution in [2.75, 3.05) is 13.4 Å². The first-order valence-electron chi connectivity index (χ1n) is 6.53. The molecule has 0 amide bonds. The third-order valence-electron chi connectivity index (χ3n) is 3.11. The summed E-state index contributed by atoms with van der Waals surface area (Å²) in [5.74, 6) is -0.108. The summed E-state index contributed by atoms with van der Waals surface area (Å²) < 4.78 is 21.5. The van der Waals surface area contributed by atoms with Crippen LogP contribution in [0, 0.1) is 0 Å². The number of ether oxygens (including phenoxy) is 4. The second-order valence-electron chi connectivity index (χ2n) is 4.40. The molecule has 2 unspecified atom stereocenters. The number of carbonyl (C=O) groups is 1. The minimum Gasteiger partial charge on any atom is -0.464 e. The van der Waals surface area contributed by atoms with Crippen molar-refractivity contribution in [3.8, 4) is 6.01 Å². The first-order valence-corrected chi connectivity index (χ1v) is 6.53. The first kappa shape index (κ1) is 13.7. The molecular formula is C14H14N2O5. The van der Waals surface area contributed by atoms with Gasteiger partial charge in [0.25, 0.3) is 0 Å². The molecule has 7 nitrogen and oxygen atoms in total. The van der Waals surface area contributed by atoms with Crippen LogP contribution < -0.4 is 4.74 Å². The molecule has 21 heavy (non-hydrogen) atoms. The van der Waals surface area contributed by atoms with Gasteiger partial charge >= 0.3 is 12.0 Å². The molecular weight excluding hydrogens is 276 g/mol. The number of hydrogen-bond acceptors (Lipinski definition) is 7. The smallest absolute Gasteiger partial charge is 0.345 e. The highest BCUT2D eigenvalue weighted by atomic mass is 16.7. The van der Waals surface area contributed by atoms with Gasteiger partial charge in [0.1, 0.15) is 18.7 Å². The van der Waals surface area contributed by atoms with E-state index >= 15 is 0 Å². The number of carbonyl (C=O) groups excluding carboxylic acids is 1. The van der Waals surface area contributed by atoms with Crippen LogP contribution in [0.3, 0.4) is 0 Å². The van der Waals surface area contributed by atoms with Crippen molar-refractivity contribution in [1.82, 2.24) is 9.97 Å². The van der Waals surface area contributed by atoms with Gasteiger partial charge in [-0.3, -0.25) is 0 Å². The average Bonchev–Trinajstić information content (AvgIpc) is 2.93. The van der Waals surface area contributed by atoms with Gasteiger partial charge < -0.3 is 18.9 Å². The minimum atomic E-state index is -1.31. The van der Waals surface area contributed by atoms with Crippen molar-refractivity contribution >= 4 is 5.97 Å². The lowest BCUT2D eigenvalue weighted by atomic mass is 9.91. The van der Waals surface area contributed by atoms with E-state index < -0.39 is 17.7 Å². The number of allylic oxidation sites excluding steroid dienone is 1. The summed E-state index contributed by atoms with van der Waals surface area (Å²) in [6, 6.07) is 1.87. The number of hydrogen-bond donors (Lipinski definition) is 0. The van der Waals surface area contributed by atoms with Crippen LogP contribution in [0.1, 0.15) is 6.92 Å². The van der Waals surface area contributed by atoms with Gasteiger partial charge in [0, 0.05) is 18.5 Å². The normalized spacial score (nSPS) is 26.9. The Morgan fingerprint density at radius 3 is 3.05 bits per heavy atom. The number of aromatic nitrogens is 2. The van der Waals surface area contributed by atoms with E-state index in [4.69, 9.17) is 18.9 Å². The molecule has 0 aromatic carbocycles. The second-order valence-corrected chi connectivity index (χ2v) is 4.40. The van der Waals surface area contributed by atoms with Crippen LogP contribution in [-0.4, -0.2) is 41.0 Å². The van der Waals surface area contributed by atoms with E-state index in [1.54, 1.807) is 43.6 Å². The third-order valence-corrected chi connectivity index (χ3v) is 3.11. The lowest BCUT2D eigenvalue weighted by molar-refractivity contribution is -0.161. The Labute approximate surface area is 121 Å². The van der Waals surface area contributed by atoms with Crippen molar-refractivity contribution < 1.29 is 23.7 Å². The molecule has 2 aliphatic rings. The molecule has 7 heteroatoms. The van der Waals surface area contributed by atoms with Crippen LogP contribution in [0.4, 0.5) is 0 Å². The van der Waals surface area contributed by atoms with Crippen LogP contribution in [0.15, 0.2) is 42.4 Å². The molecule has 1 fully saturated rings. The predicted molar refractivity (Wildman–Crippen MR) is 70.1 cm³/mol. The quantitative estimate of drug-likeness (QED) is 0.765. The fraction of sp³-hybridized carbons (Fsp3) is 0.357.